The van der Waals surface area contributed by atoms with Crippen molar-refractivity contribution in [3.05, 3.63) is 47.5 Å². The van der Waals surface area contributed by atoms with Crippen LogP contribution in [0.2, 0.25) is 0 Å². The molecule has 0 amide bonds. The van der Waals surface area contributed by atoms with Gasteiger partial charge >= 0.3 is 0 Å². The van der Waals surface area contributed by atoms with E-state index in [0.29, 0.717) is 5.75 Å². The molecule has 24 heavy (non-hydrogen) atoms. The van der Waals surface area contributed by atoms with Crippen LogP contribution in [0.1, 0.15) is 15.9 Å². The van der Waals surface area contributed by atoms with Gasteiger partial charge in [-0.2, -0.15) is 0 Å². The van der Waals surface area contributed by atoms with E-state index in [2.05, 4.69) is 0 Å². The third-order valence-corrected chi connectivity index (χ3v) is 3.43. The fourth-order valence-electron chi connectivity index (χ4n) is 2.14. The first-order valence-corrected chi connectivity index (χ1v) is 7.05. The van der Waals surface area contributed by atoms with Gasteiger partial charge in [-0.15, -0.1) is 0 Å². The quantitative estimate of drug-likeness (QED) is 0.481. The molecule has 6 nitrogen and oxygen atoms in total. The highest BCUT2D eigenvalue weighted by atomic mass is 16.5. The van der Waals surface area contributed by atoms with E-state index in [1.807, 2.05) is 0 Å². The summed E-state index contributed by atoms with van der Waals surface area (Å²) in [7, 11) is 4.26. The number of methoxy groups -OCH3 is 3. The third kappa shape index (κ3) is 3.43. The summed E-state index contributed by atoms with van der Waals surface area (Å²) < 4.78 is 15.1. The van der Waals surface area contributed by atoms with Gasteiger partial charge in [0.25, 0.3) is 0 Å². The standard InChI is InChI=1S/C18H18O6/c1-22-12-7-4-11(5-8-12)6-9-13(19)16-14(23-2)10-15(24-3)17(20)18(16)21/h4-10,20-21H,1-3H3. The van der Waals surface area contributed by atoms with Crippen molar-refractivity contribution in [3.63, 3.8) is 0 Å². The maximum atomic E-state index is 12.4. The molecule has 2 aromatic rings. The summed E-state index contributed by atoms with van der Waals surface area (Å²) in [5.74, 6) is -0.794. The first-order valence-electron chi connectivity index (χ1n) is 7.05. The fraction of sp³-hybridized carbons (Fsp3) is 0.167. The van der Waals surface area contributed by atoms with E-state index < -0.39 is 17.3 Å². The average molecular weight is 330 g/mol. The molecule has 0 spiro atoms. The Morgan fingerprint density at radius 1 is 0.917 bits per heavy atom. The number of aromatic hydroxyl groups is 2. The highest BCUT2D eigenvalue weighted by molar-refractivity contribution is 6.11. The number of ketones is 1. The first-order chi connectivity index (χ1) is 11.5. The smallest absolute Gasteiger partial charge is 0.201 e. The highest BCUT2D eigenvalue weighted by Gasteiger charge is 2.22. The molecule has 0 fully saturated rings. The maximum absolute atomic E-state index is 12.4. The van der Waals surface area contributed by atoms with Gasteiger partial charge in [-0.1, -0.05) is 18.2 Å². The fourth-order valence-corrected chi connectivity index (χ4v) is 2.14. The summed E-state index contributed by atoms with van der Waals surface area (Å²) in [6.07, 6.45) is 2.87. The van der Waals surface area contributed by atoms with Gasteiger partial charge in [0, 0.05) is 6.07 Å². The Labute approximate surface area is 139 Å². The molecule has 2 rings (SSSR count). The number of phenols is 2. The third-order valence-electron chi connectivity index (χ3n) is 3.43. The van der Waals surface area contributed by atoms with E-state index in [1.54, 1.807) is 37.5 Å². The van der Waals surface area contributed by atoms with E-state index >= 15 is 0 Å². The molecular formula is C18H18O6. The largest absolute Gasteiger partial charge is 0.504 e. The van der Waals surface area contributed by atoms with Crippen molar-refractivity contribution < 1.29 is 29.2 Å². The number of hydrogen-bond donors (Lipinski definition) is 2. The van der Waals surface area contributed by atoms with Gasteiger partial charge in [-0.25, -0.2) is 0 Å². The van der Waals surface area contributed by atoms with Crippen molar-refractivity contribution >= 4 is 11.9 Å². The van der Waals surface area contributed by atoms with Crippen molar-refractivity contribution in [2.75, 3.05) is 21.3 Å². The summed E-state index contributed by atoms with van der Waals surface area (Å²) in [6, 6.07) is 8.43. The average Bonchev–Trinajstić information content (AvgIpc) is 2.62. The van der Waals surface area contributed by atoms with Crippen LogP contribution in [0.4, 0.5) is 0 Å². The molecule has 0 saturated carbocycles. The highest BCUT2D eigenvalue weighted by Crippen LogP contribution is 2.43. The summed E-state index contributed by atoms with van der Waals surface area (Å²) in [6.45, 7) is 0. The molecule has 126 valence electrons. The Kier molecular flexibility index (Phi) is 5.31. The zero-order chi connectivity index (χ0) is 17.7. The number of carbonyl (C=O) groups is 1. The molecule has 0 bridgehead atoms. The van der Waals surface area contributed by atoms with Crippen molar-refractivity contribution in [2.45, 2.75) is 0 Å². The van der Waals surface area contributed by atoms with Crippen LogP contribution in [0, 0.1) is 0 Å². The van der Waals surface area contributed by atoms with E-state index in [9.17, 15) is 15.0 Å². The molecule has 0 aromatic heterocycles. The van der Waals surface area contributed by atoms with Crippen LogP contribution >= 0.6 is 0 Å². The second kappa shape index (κ2) is 7.41. The number of benzene rings is 2. The lowest BCUT2D eigenvalue weighted by atomic mass is 10.1. The van der Waals surface area contributed by atoms with Gasteiger partial charge < -0.3 is 24.4 Å². The molecular weight excluding hydrogens is 312 g/mol. The summed E-state index contributed by atoms with van der Waals surface area (Å²) in [4.78, 5) is 12.4. The topological polar surface area (TPSA) is 85.2 Å². The molecule has 0 aliphatic heterocycles. The van der Waals surface area contributed by atoms with E-state index in [-0.39, 0.29) is 17.1 Å². The predicted octanol–water partition coefficient (Wildman–Crippen LogP) is 3.02. The van der Waals surface area contributed by atoms with Crippen molar-refractivity contribution in [3.8, 4) is 28.7 Å². The lowest BCUT2D eigenvalue weighted by molar-refractivity contribution is 0.104. The van der Waals surface area contributed by atoms with Crippen molar-refractivity contribution in [1.29, 1.82) is 0 Å². The molecule has 2 aromatic carbocycles. The lowest BCUT2D eigenvalue weighted by Gasteiger charge is -2.12. The van der Waals surface area contributed by atoms with E-state index in [4.69, 9.17) is 14.2 Å². The molecule has 0 aliphatic carbocycles. The van der Waals surface area contributed by atoms with Crippen molar-refractivity contribution in [1.82, 2.24) is 0 Å². The summed E-state index contributed by atoms with van der Waals surface area (Å²) >= 11 is 0. The normalized spacial score (nSPS) is 10.6. The number of phenolic OH excluding ortho intramolecular Hbond substituents is 2. The van der Waals surface area contributed by atoms with Crippen LogP contribution in [0.15, 0.2) is 36.4 Å². The monoisotopic (exact) mass is 330 g/mol. The van der Waals surface area contributed by atoms with E-state index in [1.165, 1.54) is 26.4 Å². The molecule has 0 saturated heterocycles. The Morgan fingerprint density at radius 3 is 2.08 bits per heavy atom. The van der Waals surface area contributed by atoms with Gasteiger partial charge in [-0.05, 0) is 23.8 Å². The number of ether oxygens (including phenoxy) is 3. The summed E-state index contributed by atoms with van der Waals surface area (Å²) in [5.41, 5.74) is 0.640. The van der Waals surface area contributed by atoms with Gasteiger partial charge in [0.05, 0.1) is 21.3 Å². The second-order valence-electron chi connectivity index (χ2n) is 4.82. The van der Waals surface area contributed by atoms with Crippen LogP contribution in [0.5, 0.6) is 28.7 Å². The van der Waals surface area contributed by atoms with Gasteiger partial charge in [0.2, 0.25) is 5.75 Å². The Bertz CT molecular complexity index is 762. The van der Waals surface area contributed by atoms with Gasteiger partial charge in [0.1, 0.15) is 17.1 Å². The van der Waals surface area contributed by atoms with Crippen LogP contribution in [-0.2, 0) is 0 Å². The lowest BCUT2D eigenvalue weighted by Crippen LogP contribution is -2.01. The summed E-state index contributed by atoms with van der Waals surface area (Å²) in [5, 5.41) is 19.9. The molecule has 0 unspecified atom stereocenters. The molecule has 0 aliphatic rings. The first kappa shape index (κ1) is 17.2. The van der Waals surface area contributed by atoms with Crippen molar-refractivity contribution in [2.24, 2.45) is 0 Å². The number of allylic oxidation sites excluding steroid dienone is 1. The number of hydrogen-bond acceptors (Lipinski definition) is 6. The molecule has 0 atom stereocenters. The molecule has 2 N–H and O–H groups in total. The number of carbonyl (C=O) groups excluding carboxylic acids is 1. The minimum absolute atomic E-state index is 0.0139. The van der Waals surface area contributed by atoms with Crippen LogP contribution < -0.4 is 14.2 Å². The minimum atomic E-state index is -0.587. The minimum Gasteiger partial charge on any atom is -0.504 e. The van der Waals surface area contributed by atoms with Crippen LogP contribution in [0.25, 0.3) is 6.08 Å². The van der Waals surface area contributed by atoms with Gasteiger partial charge in [-0.3, -0.25) is 4.79 Å². The van der Waals surface area contributed by atoms with E-state index in [0.717, 1.165) is 5.56 Å². The van der Waals surface area contributed by atoms with Gasteiger partial charge in [0.15, 0.2) is 17.3 Å². The zero-order valence-electron chi connectivity index (χ0n) is 13.6. The Morgan fingerprint density at radius 2 is 1.54 bits per heavy atom. The Balaban J connectivity index is 2.34. The second-order valence-corrected chi connectivity index (χ2v) is 4.82. The number of rotatable bonds is 6. The maximum Gasteiger partial charge on any atom is 0.201 e. The molecule has 0 heterocycles. The zero-order valence-corrected chi connectivity index (χ0v) is 13.6. The predicted molar refractivity (Wildman–Crippen MR) is 89.2 cm³/mol. The SMILES string of the molecule is COc1ccc(C=CC(=O)c2c(OC)cc(OC)c(O)c2O)cc1. The molecule has 6 heteroatoms. The van der Waals surface area contributed by atoms with Crippen LogP contribution in [-0.4, -0.2) is 37.3 Å². The van der Waals surface area contributed by atoms with Crippen LogP contribution in [0.3, 0.4) is 0 Å². The molecule has 0 radical (unpaired) electrons. The Hall–Kier alpha value is -3.15.